The lowest BCUT2D eigenvalue weighted by Crippen LogP contribution is -2.43. The number of methoxy groups -OCH3 is 2. The average Bonchev–Trinajstić information content (AvgIpc) is 2.39. The van der Waals surface area contributed by atoms with E-state index in [-0.39, 0.29) is 11.9 Å². The minimum Gasteiger partial charge on any atom is -0.399 e. The highest BCUT2D eigenvalue weighted by molar-refractivity contribution is 5.96. The summed E-state index contributed by atoms with van der Waals surface area (Å²) >= 11 is 0. The first-order valence-electron chi connectivity index (χ1n) is 6.66. The maximum absolute atomic E-state index is 12.7. The van der Waals surface area contributed by atoms with Crippen molar-refractivity contribution in [2.45, 2.75) is 19.9 Å². The molecule has 20 heavy (non-hydrogen) atoms. The zero-order valence-corrected chi connectivity index (χ0v) is 12.7. The lowest BCUT2D eigenvalue weighted by molar-refractivity contribution is 0.0479. The number of hydrogen-bond acceptors (Lipinski definition) is 4. The fourth-order valence-electron chi connectivity index (χ4n) is 2.12. The molecule has 1 aromatic rings. The lowest BCUT2D eigenvalue weighted by atomic mass is 10.1. The van der Waals surface area contributed by atoms with Crippen LogP contribution in [0.3, 0.4) is 0 Å². The van der Waals surface area contributed by atoms with Gasteiger partial charge in [0.1, 0.15) is 0 Å². The number of rotatable bonds is 7. The van der Waals surface area contributed by atoms with Crippen molar-refractivity contribution in [2.75, 3.05) is 39.7 Å². The predicted octanol–water partition coefficient (Wildman–Crippen LogP) is 1.70. The highest BCUT2D eigenvalue weighted by Crippen LogP contribution is 2.16. The van der Waals surface area contributed by atoms with Gasteiger partial charge in [0.2, 0.25) is 0 Å². The van der Waals surface area contributed by atoms with Crippen molar-refractivity contribution in [1.82, 2.24) is 4.90 Å². The van der Waals surface area contributed by atoms with Gasteiger partial charge < -0.3 is 20.1 Å². The highest BCUT2D eigenvalue weighted by Gasteiger charge is 2.22. The summed E-state index contributed by atoms with van der Waals surface area (Å²) in [5, 5.41) is 0. The third kappa shape index (κ3) is 4.21. The second kappa shape index (κ2) is 7.87. The molecule has 0 fully saturated rings. The number of nitrogens with two attached hydrogens (primary N) is 1. The molecular weight excluding hydrogens is 256 g/mol. The van der Waals surface area contributed by atoms with Crippen molar-refractivity contribution in [2.24, 2.45) is 0 Å². The minimum atomic E-state index is -0.0240. The number of aryl methyl sites for hydroxylation is 1. The Bertz CT molecular complexity index is 449. The van der Waals surface area contributed by atoms with Crippen LogP contribution >= 0.6 is 0 Å². The summed E-state index contributed by atoms with van der Waals surface area (Å²) in [6.07, 6.45) is 0. The second-order valence-corrected chi connectivity index (χ2v) is 4.87. The largest absolute Gasteiger partial charge is 0.399 e. The number of anilines is 1. The van der Waals surface area contributed by atoms with Crippen LogP contribution in [-0.4, -0.2) is 50.8 Å². The molecule has 0 heterocycles. The Kier molecular flexibility index (Phi) is 6.48. The molecule has 5 nitrogen and oxygen atoms in total. The van der Waals surface area contributed by atoms with Gasteiger partial charge in [-0.3, -0.25) is 4.79 Å². The molecule has 112 valence electrons. The van der Waals surface area contributed by atoms with Crippen molar-refractivity contribution in [3.63, 3.8) is 0 Å². The second-order valence-electron chi connectivity index (χ2n) is 4.87. The first-order chi connectivity index (χ1) is 9.51. The first-order valence-corrected chi connectivity index (χ1v) is 6.66. The summed E-state index contributed by atoms with van der Waals surface area (Å²) in [6.45, 7) is 5.36. The van der Waals surface area contributed by atoms with Crippen LogP contribution in [0.25, 0.3) is 0 Å². The molecule has 1 amide bonds. The highest BCUT2D eigenvalue weighted by atomic mass is 16.5. The van der Waals surface area contributed by atoms with E-state index < -0.39 is 0 Å². The number of carbonyl (C=O) groups excluding carboxylic acids is 1. The van der Waals surface area contributed by atoms with Crippen LogP contribution in [0.2, 0.25) is 0 Å². The van der Waals surface area contributed by atoms with E-state index in [1.807, 2.05) is 19.9 Å². The van der Waals surface area contributed by atoms with Gasteiger partial charge in [0.15, 0.2) is 0 Å². The fourth-order valence-corrected chi connectivity index (χ4v) is 2.12. The molecule has 0 saturated heterocycles. The normalized spacial score (nSPS) is 12.2. The average molecular weight is 280 g/mol. The molecule has 0 bridgehead atoms. The van der Waals surface area contributed by atoms with Gasteiger partial charge in [0.25, 0.3) is 5.91 Å². The third-order valence-corrected chi connectivity index (χ3v) is 3.22. The van der Waals surface area contributed by atoms with Gasteiger partial charge in [-0.25, -0.2) is 0 Å². The number of hydrogen-bond donors (Lipinski definition) is 1. The molecule has 5 heteroatoms. The topological polar surface area (TPSA) is 64.8 Å². The lowest BCUT2D eigenvalue weighted by Gasteiger charge is -2.29. The SMILES string of the molecule is COCCN(C(=O)c1ccc(N)cc1C)C(C)COC. The van der Waals surface area contributed by atoms with E-state index in [1.54, 1.807) is 31.3 Å². The Labute approximate surface area is 120 Å². The van der Waals surface area contributed by atoms with Crippen LogP contribution in [0.4, 0.5) is 5.69 Å². The minimum absolute atomic E-state index is 0.0143. The van der Waals surface area contributed by atoms with Crippen LogP contribution in [0.1, 0.15) is 22.8 Å². The molecule has 1 unspecified atom stereocenters. The zero-order chi connectivity index (χ0) is 15.1. The molecule has 0 aromatic heterocycles. The van der Waals surface area contributed by atoms with Gasteiger partial charge in [0, 0.05) is 32.0 Å². The molecule has 0 aliphatic rings. The fraction of sp³-hybridized carbons (Fsp3) is 0.533. The molecule has 1 rings (SSSR count). The summed E-state index contributed by atoms with van der Waals surface area (Å²) < 4.78 is 10.2. The van der Waals surface area contributed by atoms with E-state index in [4.69, 9.17) is 15.2 Å². The standard InChI is InChI=1S/C15H24N2O3/c1-11-9-13(16)5-6-14(11)15(18)17(7-8-19-3)12(2)10-20-4/h5-6,9,12H,7-8,10,16H2,1-4H3. The monoisotopic (exact) mass is 280 g/mol. The zero-order valence-electron chi connectivity index (χ0n) is 12.7. The Morgan fingerprint density at radius 3 is 2.60 bits per heavy atom. The molecule has 0 spiro atoms. The van der Waals surface area contributed by atoms with E-state index in [2.05, 4.69) is 0 Å². The van der Waals surface area contributed by atoms with Crippen LogP contribution < -0.4 is 5.73 Å². The molecule has 0 radical (unpaired) electrons. The summed E-state index contributed by atoms with van der Waals surface area (Å²) in [5.41, 5.74) is 7.93. The summed E-state index contributed by atoms with van der Waals surface area (Å²) in [5.74, 6) is -0.0240. The maximum Gasteiger partial charge on any atom is 0.254 e. The van der Waals surface area contributed by atoms with E-state index >= 15 is 0 Å². The van der Waals surface area contributed by atoms with Gasteiger partial charge in [-0.05, 0) is 37.6 Å². The Morgan fingerprint density at radius 2 is 2.05 bits per heavy atom. The van der Waals surface area contributed by atoms with Crippen LogP contribution in [-0.2, 0) is 9.47 Å². The predicted molar refractivity (Wildman–Crippen MR) is 79.8 cm³/mol. The molecule has 0 aliphatic carbocycles. The third-order valence-electron chi connectivity index (χ3n) is 3.22. The van der Waals surface area contributed by atoms with Gasteiger partial charge in [0.05, 0.1) is 19.3 Å². The van der Waals surface area contributed by atoms with E-state index in [9.17, 15) is 4.79 Å². The number of ether oxygens (including phenoxy) is 2. The van der Waals surface area contributed by atoms with Crippen LogP contribution in [0.5, 0.6) is 0 Å². The van der Waals surface area contributed by atoms with Crippen molar-refractivity contribution in [1.29, 1.82) is 0 Å². The Hall–Kier alpha value is -1.59. The number of carbonyl (C=O) groups is 1. The van der Waals surface area contributed by atoms with Gasteiger partial charge in [-0.1, -0.05) is 0 Å². The quantitative estimate of drug-likeness (QED) is 0.772. The van der Waals surface area contributed by atoms with Crippen molar-refractivity contribution < 1.29 is 14.3 Å². The smallest absolute Gasteiger partial charge is 0.254 e. The van der Waals surface area contributed by atoms with E-state index in [0.29, 0.717) is 31.0 Å². The molecule has 2 N–H and O–H groups in total. The van der Waals surface area contributed by atoms with Gasteiger partial charge >= 0.3 is 0 Å². The summed E-state index contributed by atoms with van der Waals surface area (Å²) in [4.78, 5) is 14.4. The van der Waals surface area contributed by atoms with Crippen LogP contribution in [0, 0.1) is 6.92 Å². The molecular formula is C15H24N2O3. The molecule has 1 aromatic carbocycles. The Balaban J connectivity index is 2.96. The van der Waals surface area contributed by atoms with Crippen LogP contribution in [0.15, 0.2) is 18.2 Å². The first kappa shape index (κ1) is 16.5. The van der Waals surface area contributed by atoms with Crippen molar-refractivity contribution in [3.05, 3.63) is 29.3 Å². The summed E-state index contributed by atoms with van der Waals surface area (Å²) in [7, 11) is 3.25. The van der Waals surface area contributed by atoms with E-state index in [1.165, 1.54) is 0 Å². The maximum atomic E-state index is 12.7. The number of benzene rings is 1. The Morgan fingerprint density at radius 1 is 1.35 bits per heavy atom. The number of nitrogens with zero attached hydrogens (tertiary/aromatic N) is 1. The number of nitrogen functional groups attached to an aromatic ring is 1. The number of amides is 1. The molecule has 0 saturated carbocycles. The van der Waals surface area contributed by atoms with Crippen molar-refractivity contribution >= 4 is 11.6 Å². The van der Waals surface area contributed by atoms with Crippen molar-refractivity contribution in [3.8, 4) is 0 Å². The summed E-state index contributed by atoms with van der Waals surface area (Å²) in [6, 6.07) is 5.31. The van der Waals surface area contributed by atoms with E-state index in [0.717, 1.165) is 5.56 Å². The molecule has 1 atom stereocenters. The van der Waals surface area contributed by atoms with Gasteiger partial charge in [-0.2, -0.15) is 0 Å². The van der Waals surface area contributed by atoms with Gasteiger partial charge in [-0.15, -0.1) is 0 Å². The molecule has 0 aliphatic heterocycles.